The molecule has 114 valence electrons. The lowest BCUT2D eigenvalue weighted by Crippen LogP contribution is -2.29. The van der Waals surface area contributed by atoms with Crippen LogP contribution in [0.5, 0.6) is 0 Å². The van der Waals surface area contributed by atoms with Gasteiger partial charge in [0.1, 0.15) is 6.61 Å². The van der Waals surface area contributed by atoms with E-state index in [1.165, 1.54) is 0 Å². The van der Waals surface area contributed by atoms with Gasteiger partial charge in [0.05, 0.1) is 11.7 Å². The Bertz CT molecular complexity index is 637. The van der Waals surface area contributed by atoms with Crippen LogP contribution >= 0.6 is 0 Å². The molecule has 2 heterocycles. The van der Waals surface area contributed by atoms with Crippen LogP contribution in [0.2, 0.25) is 0 Å². The third kappa shape index (κ3) is 2.62. The first kappa shape index (κ1) is 14.4. The third-order valence-electron chi connectivity index (χ3n) is 3.92. The lowest BCUT2D eigenvalue weighted by Gasteiger charge is -2.18. The number of benzene rings is 1. The van der Waals surface area contributed by atoms with Gasteiger partial charge in [-0.1, -0.05) is 36.4 Å². The molecular weight excluding hydrogens is 280 g/mol. The van der Waals surface area contributed by atoms with Crippen LogP contribution in [0, 0.1) is 0 Å². The Hall–Kier alpha value is -2.56. The highest BCUT2D eigenvalue weighted by Crippen LogP contribution is 2.32. The minimum Gasteiger partial charge on any atom is -0.444 e. The highest BCUT2D eigenvalue weighted by atomic mass is 16.6. The summed E-state index contributed by atoms with van der Waals surface area (Å²) in [6.45, 7) is 4.46. The summed E-state index contributed by atoms with van der Waals surface area (Å²) in [7, 11) is 0. The van der Waals surface area contributed by atoms with Gasteiger partial charge in [0, 0.05) is 12.1 Å². The topological polar surface area (TPSA) is 58.6 Å². The summed E-state index contributed by atoms with van der Waals surface area (Å²) in [6.07, 6.45) is 2.46. The van der Waals surface area contributed by atoms with E-state index in [9.17, 15) is 9.59 Å². The number of amides is 2. The molecule has 2 amide bonds. The average molecular weight is 298 g/mol. The zero-order valence-electron chi connectivity index (χ0n) is 12.2. The van der Waals surface area contributed by atoms with E-state index < -0.39 is 6.09 Å². The normalized spacial score (nSPS) is 19.9. The molecule has 5 heteroatoms. The molecule has 22 heavy (non-hydrogen) atoms. The molecule has 3 rings (SSSR count). The lowest BCUT2D eigenvalue weighted by molar-refractivity contribution is -0.117. The number of rotatable bonds is 4. The minimum atomic E-state index is -0.403. The number of hydrogen-bond acceptors (Lipinski definition) is 3. The predicted molar refractivity (Wildman–Crippen MR) is 81.7 cm³/mol. The molecule has 1 saturated heterocycles. The fraction of sp³-hybridized carbons (Fsp3) is 0.294. The summed E-state index contributed by atoms with van der Waals surface area (Å²) >= 11 is 0. The van der Waals surface area contributed by atoms with E-state index in [1.807, 2.05) is 30.3 Å². The summed E-state index contributed by atoms with van der Waals surface area (Å²) in [4.78, 5) is 25.8. The summed E-state index contributed by atoms with van der Waals surface area (Å²) in [5.41, 5.74) is 2.31. The maximum atomic E-state index is 12.3. The van der Waals surface area contributed by atoms with Crippen molar-refractivity contribution in [3.8, 4) is 0 Å². The molecule has 1 atom stereocenters. The third-order valence-corrected chi connectivity index (χ3v) is 3.92. The summed E-state index contributed by atoms with van der Waals surface area (Å²) in [5.74, 6) is -0.111. The number of carbonyl (C=O) groups excluding carboxylic acids is 2. The molecule has 0 spiro atoms. The average Bonchev–Trinajstić information content (AvgIpc) is 3.06. The van der Waals surface area contributed by atoms with Gasteiger partial charge in [-0.05, 0) is 18.4 Å². The summed E-state index contributed by atoms with van der Waals surface area (Å²) < 4.78 is 5.37. The van der Waals surface area contributed by atoms with E-state index in [0.717, 1.165) is 17.7 Å². The molecule has 1 aromatic carbocycles. The number of allylic oxidation sites excluding steroid dienone is 1. The Morgan fingerprint density at radius 2 is 2.18 bits per heavy atom. The van der Waals surface area contributed by atoms with Crippen LogP contribution in [0.15, 0.2) is 54.3 Å². The molecule has 1 N–H and O–H groups in total. The molecule has 0 radical (unpaired) electrons. The van der Waals surface area contributed by atoms with Crippen LogP contribution < -0.4 is 5.32 Å². The monoisotopic (exact) mass is 298 g/mol. The Morgan fingerprint density at radius 1 is 1.41 bits per heavy atom. The van der Waals surface area contributed by atoms with Gasteiger partial charge in [-0.3, -0.25) is 9.69 Å². The smallest absolute Gasteiger partial charge is 0.414 e. The van der Waals surface area contributed by atoms with E-state index in [2.05, 4.69) is 11.9 Å². The van der Waals surface area contributed by atoms with Crippen molar-refractivity contribution in [3.63, 3.8) is 0 Å². The van der Waals surface area contributed by atoms with Gasteiger partial charge < -0.3 is 10.1 Å². The number of hydrogen-bond donors (Lipinski definition) is 1. The van der Waals surface area contributed by atoms with E-state index >= 15 is 0 Å². The highest BCUT2D eigenvalue weighted by Gasteiger charge is 2.41. The van der Waals surface area contributed by atoms with Crippen molar-refractivity contribution in [2.75, 3.05) is 6.54 Å². The largest absolute Gasteiger partial charge is 0.444 e. The first-order valence-corrected chi connectivity index (χ1v) is 7.33. The SMILES string of the molecule is C=CCC1=C2[C@@H](CCN2C(=O)OCc2ccccc2)NC1=O. The predicted octanol–water partition coefficient (Wildman–Crippen LogP) is 2.36. The second-order valence-corrected chi connectivity index (χ2v) is 5.36. The fourth-order valence-corrected chi connectivity index (χ4v) is 2.91. The highest BCUT2D eigenvalue weighted by molar-refractivity contribution is 5.99. The van der Waals surface area contributed by atoms with Crippen molar-refractivity contribution in [1.29, 1.82) is 0 Å². The van der Waals surface area contributed by atoms with Crippen LogP contribution in [0.1, 0.15) is 18.4 Å². The van der Waals surface area contributed by atoms with Crippen LogP contribution in [0.4, 0.5) is 4.79 Å². The van der Waals surface area contributed by atoms with Crippen molar-refractivity contribution in [1.82, 2.24) is 10.2 Å². The summed E-state index contributed by atoms with van der Waals surface area (Å²) in [5, 5.41) is 2.90. The number of nitrogens with zero attached hydrogens (tertiary/aromatic N) is 1. The number of fused-ring (bicyclic) bond motifs is 1. The van der Waals surface area contributed by atoms with Crippen molar-refractivity contribution >= 4 is 12.0 Å². The lowest BCUT2D eigenvalue weighted by atomic mass is 10.1. The number of nitrogens with one attached hydrogen (secondary N) is 1. The molecule has 0 aromatic heterocycles. The molecule has 0 bridgehead atoms. The second kappa shape index (κ2) is 6.05. The van der Waals surface area contributed by atoms with Crippen LogP contribution in [0.3, 0.4) is 0 Å². The Kier molecular flexibility index (Phi) is 3.96. The van der Waals surface area contributed by atoms with Crippen molar-refractivity contribution in [3.05, 3.63) is 59.8 Å². The molecule has 0 unspecified atom stereocenters. The Balaban J connectivity index is 1.72. The maximum Gasteiger partial charge on any atom is 0.414 e. The van der Waals surface area contributed by atoms with E-state index in [4.69, 9.17) is 4.74 Å². The van der Waals surface area contributed by atoms with Crippen LogP contribution in [0.25, 0.3) is 0 Å². The van der Waals surface area contributed by atoms with Gasteiger partial charge in [0.25, 0.3) is 0 Å². The van der Waals surface area contributed by atoms with Crippen molar-refractivity contribution in [2.24, 2.45) is 0 Å². The first-order chi connectivity index (χ1) is 10.7. The molecule has 5 nitrogen and oxygen atoms in total. The van der Waals surface area contributed by atoms with Gasteiger partial charge in [0.2, 0.25) is 5.91 Å². The molecule has 1 aromatic rings. The molecule has 2 aliphatic heterocycles. The van der Waals surface area contributed by atoms with Gasteiger partial charge in [0.15, 0.2) is 0 Å². The molecule has 0 saturated carbocycles. The molecular formula is C17H18N2O3. The quantitative estimate of drug-likeness (QED) is 0.868. The van der Waals surface area contributed by atoms with Gasteiger partial charge >= 0.3 is 6.09 Å². The summed E-state index contributed by atoms with van der Waals surface area (Å²) in [6, 6.07) is 9.45. The van der Waals surface area contributed by atoms with Crippen LogP contribution in [-0.2, 0) is 16.1 Å². The van der Waals surface area contributed by atoms with Gasteiger partial charge in [-0.2, -0.15) is 0 Å². The van der Waals surface area contributed by atoms with Crippen molar-refractivity contribution in [2.45, 2.75) is 25.5 Å². The van der Waals surface area contributed by atoms with E-state index in [-0.39, 0.29) is 18.6 Å². The molecule has 0 aliphatic carbocycles. The second-order valence-electron chi connectivity index (χ2n) is 5.36. The zero-order chi connectivity index (χ0) is 15.5. The Morgan fingerprint density at radius 3 is 2.91 bits per heavy atom. The van der Waals surface area contributed by atoms with Gasteiger partial charge in [-0.15, -0.1) is 6.58 Å². The number of carbonyl (C=O) groups is 2. The maximum absolute atomic E-state index is 12.3. The van der Waals surface area contributed by atoms with Crippen molar-refractivity contribution < 1.29 is 14.3 Å². The minimum absolute atomic E-state index is 0.0771. The van der Waals surface area contributed by atoms with Gasteiger partial charge in [-0.25, -0.2) is 4.79 Å². The molecule has 2 aliphatic rings. The number of ether oxygens (including phenoxy) is 1. The number of likely N-dealkylation sites (tertiary alicyclic amines) is 1. The van der Waals surface area contributed by atoms with E-state index in [1.54, 1.807) is 11.0 Å². The Labute approximate surface area is 129 Å². The standard InChI is InChI=1S/C17H18N2O3/c1-2-6-13-15-14(18-16(13)20)9-10-19(15)17(21)22-11-12-7-4-3-5-8-12/h2-5,7-8,14H,1,6,9-11H2,(H,18,20)/t14-/m1/s1. The first-order valence-electron chi connectivity index (χ1n) is 7.33. The van der Waals surface area contributed by atoms with E-state index in [0.29, 0.717) is 18.5 Å². The zero-order valence-corrected chi connectivity index (χ0v) is 12.2. The van der Waals surface area contributed by atoms with Crippen LogP contribution in [-0.4, -0.2) is 29.5 Å². The molecule has 1 fully saturated rings. The fourth-order valence-electron chi connectivity index (χ4n) is 2.91.